The molecule has 0 radical (unpaired) electrons. The highest BCUT2D eigenvalue weighted by Gasteiger charge is 2.16. The first-order valence-corrected chi connectivity index (χ1v) is 5.06. The van der Waals surface area contributed by atoms with Crippen molar-refractivity contribution in [3.8, 4) is 0 Å². The largest absolute Gasteiger partial charge is 0.394 e. The number of amides is 1. The second-order valence-corrected chi connectivity index (χ2v) is 3.69. The van der Waals surface area contributed by atoms with Crippen LogP contribution in [0, 0.1) is 18.6 Å². The van der Waals surface area contributed by atoms with Gasteiger partial charge in [-0.1, -0.05) is 0 Å². The van der Waals surface area contributed by atoms with Gasteiger partial charge in [-0.2, -0.15) is 5.10 Å². The summed E-state index contributed by atoms with van der Waals surface area (Å²) in [6.07, 6.45) is 0. The summed E-state index contributed by atoms with van der Waals surface area (Å²) in [5.74, 6) is -2.25. The number of halogens is 2. The topological polar surface area (TPSA) is 83.8 Å². The summed E-state index contributed by atoms with van der Waals surface area (Å²) >= 11 is 0. The molecule has 0 aliphatic heterocycles. The normalized spacial score (nSPS) is 10.4. The summed E-state index contributed by atoms with van der Waals surface area (Å²) in [4.78, 5) is 11.7. The van der Waals surface area contributed by atoms with Gasteiger partial charge in [0, 0.05) is 0 Å². The van der Waals surface area contributed by atoms with E-state index in [0.717, 1.165) is 18.2 Å². The Hall–Kier alpha value is -2.44. The molecule has 0 atom stereocenters. The molecule has 0 fully saturated rings. The summed E-state index contributed by atoms with van der Waals surface area (Å²) < 4.78 is 26.3. The number of rotatable bonds is 2. The van der Waals surface area contributed by atoms with Crippen molar-refractivity contribution in [3.63, 3.8) is 0 Å². The Morgan fingerprint density at radius 2 is 2.17 bits per heavy atom. The monoisotopic (exact) mass is 252 g/mol. The number of hydrogen-bond donors (Lipinski definition) is 3. The molecule has 94 valence electrons. The lowest BCUT2D eigenvalue weighted by atomic mass is 10.2. The molecule has 0 unspecified atom stereocenters. The van der Waals surface area contributed by atoms with Crippen molar-refractivity contribution in [2.75, 3.05) is 11.1 Å². The number of benzene rings is 1. The number of hydrogen-bond acceptors (Lipinski definition) is 3. The van der Waals surface area contributed by atoms with Crippen molar-refractivity contribution in [1.82, 2.24) is 10.2 Å². The molecule has 0 bridgehead atoms. The van der Waals surface area contributed by atoms with Gasteiger partial charge < -0.3 is 11.1 Å². The molecule has 1 aromatic carbocycles. The predicted octanol–water partition coefficient (Wildman–Crippen LogP) is 1.83. The zero-order chi connectivity index (χ0) is 13.3. The number of nitrogens with zero attached hydrogens (tertiary/aromatic N) is 1. The lowest BCUT2D eigenvalue weighted by Gasteiger charge is -2.04. The number of aromatic nitrogens is 2. The van der Waals surface area contributed by atoms with E-state index in [-0.39, 0.29) is 11.5 Å². The Morgan fingerprint density at radius 3 is 2.78 bits per heavy atom. The molecule has 0 spiro atoms. The van der Waals surface area contributed by atoms with E-state index in [1.165, 1.54) is 0 Å². The Kier molecular flexibility index (Phi) is 2.97. The fourth-order valence-corrected chi connectivity index (χ4v) is 1.38. The van der Waals surface area contributed by atoms with Crippen LogP contribution >= 0.6 is 0 Å². The standard InChI is InChI=1S/C11H10F2N4O/c1-5-9(14)10(17-16-5)15-11(18)7-4-6(12)2-3-8(7)13/h2-4H,14H2,1H3,(H2,15,16,17,18). The molecular formula is C11H10F2N4O. The summed E-state index contributed by atoms with van der Waals surface area (Å²) in [7, 11) is 0. The third-order valence-electron chi connectivity index (χ3n) is 2.40. The van der Waals surface area contributed by atoms with Crippen LogP contribution in [0.1, 0.15) is 16.1 Å². The fraction of sp³-hybridized carbons (Fsp3) is 0.0909. The number of nitrogens with two attached hydrogens (primary N) is 1. The number of anilines is 2. The quantitative estimate of drug-likeness (QED) is 0.762. The highest BCUT2D eigenvalue weighted by molar-refractivity contribution is 6.05. The van der Waals surface area contributed by atoms with Crippen LogP contribution in [0.25, 0.3) is 0 Å². The average Bonchev–Trinajstić information content (AvgIpc) is 2.64. The highest BCUT2D eigenvalue weighted by Crippen LogP contribution is 2.19. The highest BCUT2D eigenvalue weighted by atomic mass is 19.1. The van der Waals surface area contributed by atoms with Gasteiger partial charge in [0.15, 0.2) is 5.82 Å². The number of H-pyrrole nitrogens is 1. The molecule has 18 heavy (non-hydrogen) atoms. The van der Waals surface area contributed by atoms with E-state index in [0.29, 0.717) is 5.69 Å². The number of nitrogen functional groups attached to an aromatic ring is 1. The van der Waals surface area contributed by atoms with Crippen molar-refractivity contribution in [3.05, 3.63) is 41.1 Å². The first-order chi connectivity index (χ1) is 8.49. The minimum Gasteiger partial charge on any atom is -0.394 e. The smallest absolute Gasteiger partial charge is 0.260 e. The summed E-state index contributed by atoms with van der Waals surface area (Å²) in [5.41, 5.74) is 6.04. The maximum atomic E-state index is 13.3. The van der Waals surface area contributed by atoms with Crippen molar-refractivity contribution in [2.24, 2.45) is 0 Å². The van der Waals surface area contributed by atoms with Crippen molar-refractivity contribution < 1.29 is 13.6 Å². The van der Waals surface area contributed by atoms with E-state index in [9.17, 15) is 13.6 Å². The van der Waals surface area contributed by atoms with Crippen LogP contribution in [0.2, 0.25) is 0 Å². The Morgan fingerprint density at radius 1 is 1.44 bits per heavy atom. The van der Waals surface area contributed by atoms with E-state index in [4.69, 9.17) is 5.73 Å². The van der Waals surface area contributed by atoms with Gasteiger partial charge in [0.05, 0.1) is 16.9 Å². The van der Waals surface area contributed by atoms with E-state index in [1.54, 1.807) is 6.92 Å². The van der Waals surface area contributed by atoms with Crippen LogP contribution < -0.4 is 11.1 Å². The molecule has 5 nitrogen and oxygen atoms in total. The summed E-state index contributed by atoms with van der Waals surface area (Å²) in [6, 6.07) is 2.61. The second kappa shape index (κ2) is 4.44. The van der Waals surface area contributed by atoms with Crippen LogP contribution in [-0.2, 0) is 0 Å². The van der Waals surface area contributed by atoms with Gasteiger partial charge in [0.25, 0.3) is 5.91 Å². The van der Waals surface area contributed by atoms with E-state index < -0.39 is 23.1 Å². The molecule has 2 rings (SSSR count). The van der Waals surface area contributed by atoms with Gasteiger partial charge in [-0.3, -0.25) is 9.89 Å². The summed E-state index contributed by atoms with van der Waals surface area (Å²) in [5, 5.41) is 8.60. The molecule has 0 saturated heterocycles. The third kappa shape index (κ3) is 2.15. The van der Waals surface area contributed by atoms with Crippen LogP contribution in [0.5, 0.6) is 0 Å². The maximum absolute atomic E-state index is 13.3. The van der Waals surface area contributed by atoms with Crippen LogP contribution in [0.4, 0.5) is 20.3 Å². The molecule has 4 N–H and O–H groups in total. The van der Waals surface area contributed by atoms with E-state index in [2.05, 4.69) is 15.5 Å². The molecular weight excluding hydrogens is 242 g/mol. The average molecular weight is 252 g/mol. The zero-order valence-electron chi connectivity index (χ0n) is 9.42. The molecule has 0 saturated carbocycles. The van der Waals surface area contributed by atoms with Gasteiger partial charge >= 0.3 is 0 Å². The molecule has 7 heteroatoms. The lowest BCUT2D eigenvalue weighted by molar-refractivity contribution is 0.102. The molecule has 0 aliphatic rings. The number of aromatic amines is 1. The first kappa shape index (κ1) is 12.0. The van der Waals surface area contributed by atoms with Crippen molar-refractivity contribution in [1.29, 1.82) is 0 Å². The molecule has 2 aromatic rings. The van der Waals surface area contributed by atoms with Crippen LogP contribution in [0.15, 0.2) is 18.2 Å². The Balaban J connectivity index is 2.27. The Bertz CT molecular complexity index is 609. The molecule has 1 aromatic heterocycles. The van der Waals surface area contributed by atoms with Gasteiger partial charge in [-0.25, -0.2) is 8.78 Å². The van der Waals surface area contributed by atoms with E-state index >= 15 is 0 Å². The fourth-order valence-electron chi connectivity index (χ4n) is 1.38. The molecule has 1 heterocycles. The first-order valence-electron chi connectivity index (χ1n) is 5.06. The second-order valence-electron chi connectivity index (χ2n) is 3.69. The third-order valence-corrected chi connectivity index (χ3v) is 2.40. The van der Waals surface area contributed by atoms with Crippen molar-refractivity contribution >= 4 is 17.4 Å². The predicted molar refractivity (Wildman–Crippen MR) is 62.0 cm³/mol. The Labute approximate surface area is 101 Å². The molecule has 0 aliphatic carbocycles. The number of carbonyl (C=O) groups excluding carboxylic acids is 1. The number of nitrogens with one attached hydrogen (secondary N) is 2. The van der Waals surface area contributed by atoms with Gasteiger partial charge in [0.2, 0.25) is 0 Å². The van der Waals surface area contributed by atoms with Crippen molar-refractivity contribution in [2.45, 2.75) is 6.92 Å². The lowest BCUT2D eigenvalue weighted by Crippen LogP contribution is -2.15. The summed E-state index contributed by atoms with van der Waals surface area (Å²) in [6.45, 7) is 1.67. The SMILES string of the molecule is Cc1[nH]nc(NC(=O)c2cc(F)ccc2F)c1N. The van der Waals surface area contributed by atoms with Gasteiger partial charge in [-0.05, 0) is 25.1 Å². The van der Waals surface area contributed by atoms with Gasteiger partial charge in [-0.15, -0.1) is 0 Å². The van der Waals surface area contributed by atoms with Crippen LogP contribution in [-0.4, -0.2) is 16.1 Å². The number of carbonyl (C=O) groups is 1. The number of aryl methyl sites for hydroxylation is 1. The van der Waals surface area contributed by atoms with E-state index in [1.807, 2.05) is 0 Å². The minimum absolute atomic E-state index is 0.0844. The van der Waals surface area contributed by atoms with Gasteiger partial charge in [0.1, 0.15) is 11.6 Å². The zero-order valence-corrected chi connectivity index (χ0v) is 9.42. The minimum atomic E-state index is -0.820. The molecule has 1 amide bonds. The van der Waals surface area contributed by atoms with Crippen LogP contribution in [0.3, 0.4) is 0 Å². The maximum Gasteiger partial charge on any atom is 0.260 e.